The third-order valence-corrected chi connectivity index (χ3v) is 5.91. The fourth-order valence-electron chi connectivity index (χ4n) is 3.43. The second kappa shape index (κ2) is 9.07. The molecular weight excluding hydrogens is 434 g/mol. The van der Waals surface area contributed by atoms with Crippen LogP contribution < -0.4 is 10.6 Å². The molecule has 1 aliphatic heterocycles. The van der Waals surface area contributed by atoms with Gasteiger partial charge in [-0.15, -0.1) is 0 Å². The zero-order valence-electron chi connectivity index (χ0n) is 17.4. The molecule has 11 heteroatoms. The van der Waals surface area contributed by atoms with Crippen molar-refractivity contribution in [3.63, 3.8) is 0 Å². The Labute approximate surface area is 185 Å². The molecule has 0 radical (unpaired) electrons. The Kier molecular flexibility index (Phi) is 6.21. The highest BCUT2D eigenvalue weighted by Crippen LogP contribution is 2.19. The third kappa shape index (κ3) is 4.96. The van der Waals surface area contributed by atoms with Crippen molar-refractivity contribution in [2.75, 3.05) is 49.7 Å². The van der Waals surface area contributed by atoms with Crippen molar-refractivity contribution in [2.45, 2.75) is 5.16 Å². The molecule has 3 heterocycles. The first-order valence-electron chi connectivity index (χ1n) is 10.00. The summed E-state index contributed by atoms with van der Waals surface area (Å²) in [5.41, 5.74) is 1.48. The fourth-order valence-corrected chi connectivity index (χ4v) is 4.20. The zero-order valence-corrected chi connectivity index (χ0v) is 18.3. The molecule has 2 amide bonds. The van der Waals surface area contributed by atoms with Gasteiger partial charge in [-0.25, -0.2) is 13.4 Å². The smallest absolute Gasteiger partial charge is 0.276 e. The number of carbonyl (C=O) groups excluding carboxylic acids is 2. The number of imidazole rings is 1. The van der Waals surface area contributed by atoms with Crippen LogP contribution in [0.5, 0.6) is 0 Å². The molecule has 0 atom stereocenters. The summed E-state index contributed by atoms with van der Waals surface area (Å²) < 4.78 is 30.7. The molecule has 0 saturated carbocycles. The summed E-state index contributed by atoms with van der Waals surface area (Å²) in [5, 5.41) is 5.35. The van der Waals surface area contributed by atoms with E-state index in [0.29, 0.717) is 30.1 Å². The quantitative estimate of drug-likeness (QED) is 0.571. The molecule has 10 nitrogen and oxygen atoms in total. The highest BCUT2D eigenvalue weighted by atomic mass is 32.2. The lowest BCUT2D eigenvalue weighted by Gasteiger charge is -2.25. The number of amides is 2. The van der Waals surface area contributed by atoms with Gasteiger partial charge in [0.1, 0.15) is 0 Å². The Morgan fingerprint density at radius 1 is 1.03 bits per heavy atom. The van der Waals surface area contributed by atoms with Gasteiger partial charge in [-0.05, 0) is 36.4 Å². The first kappa shape index (κ1) is 21.9. The standard InChI is InChI=1S/C21H23N5O5S/c1-32(29,30)21-24-19(17-4-2-3-9-26(17)21)20(28)23-16-7-5-15(6-8-16)22-18(27)14-25-10-12-31-13-11-25/h2-9H,10-14H2,1H3,(H,22,27)(H,23,28). The number of morpholine rings is 1. The van der Waals surface area contributed by atoms with E-state index in [4.69, 9.17) is 4.74 Å². The summed E-state index contributed by atoms with van der Waals surface area (Å²) in [6.07, 6.45) is 2.59. The lowest BCUT2D eigenvalue weighted by Crippen LogP contribution is -2.41. The maximum atomic E-state index is 12.8. The normalized spacial score (nSPS) is 14.9. The van der Waals surface area contributed by atoms with Crippen molar-refractivity contribution >= 4 is 38.5 Å². The Bertz CT molecular complexity index is 1250. The van der Waals surface area contributed by atoms with Gasteiger partial charge in [0, 0.05) is 36.9 Å². The van der Waals surface area contributed by atoms with Crippen LogP contribution in [0, 0.1) is 0 Å². The van der Waals surface area contributed by atoms with Crippen LogP contribution in [0.25, 0.3) is 5.52 Å². The molecule has 1 saturated heterocycles. The molecule has 3 aromatic rings. The molecule has 0 spiro atoms. The molecule has 32 heavy (non-hydrogen) atoms. The largest absolute Gasteiger partial charge is 0.379 e. The van der Waals surface area contributed by atoms with Crippen LogP contribution in [-0.4, -0.2) is 73.6 Å². The van der Waals surface area contributed by atoms with Gasteiger partial charge < -0.3 is 15.4 Å². The second-order valence-electron chi connectivity index (χ2n) is 7.44. The van der Waals surface area contributed by atoms with E-state index in [1.807, 2.05) is 4.90 Å². The van der Waals surface area contributed by atoms with Gasteiger partial charge in [-0.3, -0.25) is 18.9 Å². The van der Waals surface area contributed by atoms with Crippen LogP contribution in [0.15, 0.2) is 53.8 Å². The molecule has 1 aliphatic rings. The lowest BCUT2D eigenvalue weighted by atomic mass is 10.2. The number of benzene rings is 1. The van der Waals surface area contributed by atoms with E-state index in [9.17, 15) is 18.0 Å². The topological polar surface area (TPSA) is 122 Å². The SMILES string of the molecule is CS(=O)(=O)c1nc(C(=O)Nc2ccc(NC(=O)CN3CCOCC3)cc2)c2ccccn12. The van der Waals surface area contributed by atoms with E-state index in [1.165, 1.54) is 4.40 Å². The molecule has 0 bridgehead atoms. The predicted octanol–water partition coefficient (Wildman–Crippen LogP) is 1.26. The number of carbonyl (C=O) groups is 2. The molecule has 168 valence electrons. The van der Waals surface area contributed by atoms with Gasteiger partial charge in [0.2, 0.25) is 20.9 Å². The van der Waals surface area contributed by atoms with Crippen molar-refractivity contribution in [3.05, 3.63) is 54.4 Å². The third-order valence-electron chi connectivity index (χ3n) is 4.96. The van der Waals surface area contributed by atoms with Gasteiger partial charge in [0.25, 0.3) is 5.91 Å². The summed E-state index contributed by atoms with van der Waals surface area (Å²) in [5.74, 6) is -0.658. The van der Waals surface area contributed by atoms with Crippen molar-refractivity contribution < 1.29 is 22.7 Å². The van der Waals surface area contributed by atoms with E-state index in [1.54, 1.807) is 48.7 Å². The maximum absolute atomic E-state index is 12.8. The maximum Gasteiger partial charge on any atom is 0.276 e. The van der Waals surface area contributed by atoms with Gasteiger partial charge in [-0.1, -0.05) is 6.07 Å². The monoisotopic (exact) mass is 457 g/mol. The second-order valence-corrected chi connectivity index (χ2v) is 9.35. The minimum Gasteiger partial charge on any atom is -0.379 e. The predicted molar refractivity (Wildman–Crippen MR) is 119 cm³/mol. The molecular formula is C21H23N5O5S. The number of fused-ring (bicyclic) bond motifs is 1. The molecule has 0 unspecified atom stereocenters. The van der Waals surface area contributed by atoms with Crippen molar-refractivity contribution in [3.8, 4) is 0 Å². The number of nitrogens with zero attached hydrogens (tertiary/aromatic N) is 3. The summed E-state index contributed by atoms with van der Waals surface area (Å²) >= 11 is 0. The molecule has 2 aromatic heterocycles. The van der Waals surface area contributed by atoms with Gasteiger partial charge in [0.05, 0.1) is 25.3 Å². The van der Waals surface area contributed by atoms with E-state index >= 15 is 0 Å². The number of hydrogen-bond acceptors (Lipinski definition) is 7. The number of hydrogen-bond donors (Lipinski definition) is 2. The minimum absolute atomic E-state index is 0.00826. The van der Waals surface area contributed by atoms with Crippen LogP contribution in [0.4, 0.5) is 11.4 Å². The van der Waals surface area contributed by atoms with Crippen molar-refractivity contribution in [1.29, 1.82) is 0 Å². The Morgan fingerprint density at radius 3 is 2.34 bits per heavy atom. The number of rotatable bonds is 6. The Morgan fingerprint density at radius 2 is 1.69 bits per heavy atom. The van der Waals surface area contributed by atoms with Crippen molar-refractivity contribution in [1.82, 2.24) is 14.3 Å². The van der Waals surface area contributed by atoms with E-state index in [0.717, 1.165) is 19.3 Å². The number of anilines is 2. The number of ether oxygens (including phenoxy) is 1. The van der Waals surface area contributed by atoms with Gasteiger partial charge in [0.15, 0.2) is 5.69 Å². The summed E-state index contributed by atoms with van der Waals surface area (Å²) in [6.45, 7) is 2.99. The van der Waals surface area contributed by atoms with E-state index in [-0.39, 0.29) is 23.3 Å². The average Bonchev–Trinajstić information content (AvgIpc) is 3.16. The van der Waals surface area contributed by atoms with E-state index < -0.39 is 15.7 Å². The summed E-state index contributed by atoms with van der Waals surface area (Å²) in [6, 6.07) is 11.7. The first-order chi connectivity index (χ1) is 15.3. The van der Waals surface area contributed by atoms with Crippen molar-refractivity contribution in [2.24, 2.45) is 0 Å². The van der Waals surface area contributed by atoms with Crippen LogP contribution in [-0.2, 0) is 19.4 Å². The fraction of sp³-hybridized carbons (Fsp3) is 0.286. The molecule has 0 aliphatic carbocycles. The van der Waals surface area contributed by atoms with Gasteiger partial charge in [-0.2, -0.15) is 0 Å². The number of nitrogens with one attached hydrogen (secondary N) is 2. The van der Waals surface area contributed by atoms with Crippen LogP contribution >= 0.6 is 0 Å². The summed E-state index contributed by atoms with van der Waals surface area (Å²) in [4.78, 5) is 31.1. The van der Waals surface area contributed by atoms with Crippen LogP contribution in [0.3, 0.4) is 0 Å². The highest BCUT2D eigenvalue weighted by molar-refractivity contribution is 7.90. The molecule has 1 fully saturated rings. The minimum atomic E-state index is -3.62. The zero-order chi connectivity index (χ0) is 22.7. The Hall–Kier alpha value is -3.28. The number of aromatic nitrogens is 2. The lowest BCUT2D eigenvalue weighted by molar-refractivity contribution is -0.118. The molecule has 2 N–H and O–H groups in total. The number of sulfone groups is 1. The first-order valence-corrected chi connectivity index (χ1v) is 11.9. The highest BCUT2D eigenvalue weighted by Gasteiger charge is 2.22. The average molecular weight is 458 g/mol. The number of pyridine rings is 1. The Balaban J connectivity index is 1.44. The molecule has 1 aromatic carbocycles. The van der Waals surface area contributed by atoms with Gasteiger partial charge >= 0.3 is 0 Å². The molecule has 4 rings (SSSR count). The summed E-state index contributed by atoms with van der Waals surface area (Å²) in [7, 11) is -3.62. The van der Waals surface area contributed by atoms with Crippen LogP contribution in [0.2, 0.25) is 0 Å². The van der Waals surface area contributed by atoms with E-state index in [2.05, 4.69) is 15.6 Å². The van der Waals surface area contributed by atoms with Crippen LogP contribution in [0.1, 0.15) is 10.5 Å².